The molecule has 0 atom stereocenters. The molecule has 0 aromatic rings. The number of hydrogen-bond donors (Lipinski definition) is 0. The van der Waals surface area contributed by atoms with Crippen LogP contribution in [0.1, 0.15) is 32.6 Å². The van der Waals surface area contributed by atoms with Gasteiger partial charge in [0.1, 0.15) is 5.57 Å². The van der Waals surface area contributed by atoms with Crippen molar-refractivity contribution in [2.45, 2.75) is 32.6 Å². The van der Waals surface area contributed by atoms with E-state index in [0.717, 1.165) is 31.3 Å². The highest BCUT2D eigenvalue weighted by Gasteiger charge is 2.22. The molecule has 3 heteroatoms. The number of methoxy groups -OCH3 is 1. The molecule has 0 bridgehead atoms. The van der Waals surface area contributed by atoms with Crippen molar-refractivity contribution in [3.05, 3.63) is 11.1 Å². The number of hydrogen-bond acceptors (Lipinski definition) is 3. The minimum Gasteiger partial charge on any atom is -0.465 e. The van der Waals surface area contributed by atoms with Gasteiger partial charge in [-0.1, -0.05) is 5.57 Å². The molecule has 0 N–H and O–H groups in total. The van der Waals surface area contributed by atoms with Gasteiger partial charge in [-0.25, -0.2) is 4.79 Å². The highest BCUT2D eigenvalue weighted by molar-refractivity contribution is 6.17. The Morgan fingerprint density at radius 3 is 2.15 bits per heavy atom. The quantitative estimate of drug-likeness (QED) is 0.282. The standard InChI is InChI=1S/C10H14O3/c1-7(11)9(10(12)13-2)8-5-3-4-6-8/h3-6H2,1-2H3. The van der Waals surface area contributed by atoms with Crippen LogP contribution in [0.2, 0.25) is 0 Å². The molecular weight excluding hydrogens is 168 g/mol. The summed E-state index contributed by atoms with van der Waals surface area (Å²) in [6.45, 7) is 1.41. The summed E-state index contributed by atoms with van der Waals surface area (Å²) in [4.78, 5) is 22.4. The first-order chi connectivity index (χ1) is 6.16. The van der Waals surface area contributed by atoms with Gasteiger partial charge in [0.15, 0.2) is 5.78 Å². The summed E-state index contributed by atoms with van der Waals surface area (Å²) in [6, 6.07) is 0. The first kappa shape index (κ1) is 9.96. The van der Waals surface area contributed by atoms with Crippen LogP contribution in [0.5, 0.6) is 0 Å². The predicted molar refractivity (Wildman–Crippen MR) is 48.2 cm³/mol. The molecule has 0 heterocycles. The number of esters is 1. The van der Waals surface area contributed by atoms with Crippen molar-refractivity contribution in [1.29, 1.82) is 0 Å². The van der Waals surface area contributed by atoms with E-state index in [0.29, 0.717) is 0 Å². The van der Waals surface area contributed by atoms with Gasteiger partial charge in [0.05, 0.1) is 7.11 Å². The van der Waals surface area contributed by atoms with E-state index in [1.807, 2.05) is 0 Å². The van der Waals surface area contributed by atoms with Crippen molar-refractivity contribution in [2.75, 3.05) is 7.11 Å². The molecule has 1 fully saturated rings. The van der Waals surface area contributed by atoms with E-state index in [9.17, 15) is 9.59 Å². The van der Waals surface area contributed by atoms with Gasteiger partial charge in [-0.3, -0.25) is 4.79 Å². The normalized spacial score (nSPS) is 15.7. The molecule has 0 aliphatic heterocycles. The Hall–Kier alpha value is -1.12. The number of Topliss-reactive ketones (excluding diaryl/α,β-unsaturated/α-hetero) is 1. The topological polar surface area (TPSA) is 43.4 Å². The number of carbonyl (C=O) groups is 2. The lowest BCUT2D eigenvalue weighted by atomic mass is 10.0. The SMILES string of the molecule is COC(=O)C(C(C)=O)=C1CCCC1. The molecule has 0 aromatic heterocycles. The summed E-state index contributed by atoms with van der Waals surface area (Å²) < 4.78 is 4.57. The summed E-state index contributed by atoms with van der Waals surface area (Å²) in [5, 5.41) is 0. The van der Waals surface area contributed by atoms with Gasteiger partial charge in [-0.05, 0) is 32.6 Å². The third kappa shape index (κ3) is 2.17. The van der Waals surface area contributed by atoms with E-state index in [4.69, 9.17) is 0 Å². The van der Waals surface area contributed by atoms with Crippen molar-refractivity contribution in [2.24, 2.45) is 0 Å². The zero-order valence-electron chi connectivity index (χ0n) is 8.05. The average Bonchev–Trinajstić information content (AvgIpc) is 2.56. The zero-order chi connectivity index (χ0) is 9.84. The van der Waals surface area contributed by atoms with Crippen LogP contribution < -0.4 is 0 Å². The van der Waals surface area contributed by atoms with E-state index in [1.165, 1.54) is 14.0 Å². The lowest BCUT2D eigenvalue weighted by molar-refractivity contribution is -0.137. The van der Waals surface area contributed by atoms with Crippen LogP contribution in [0, 0.1) is 0 Å². The molecule has 1 aliphatic rings. The maximum Gasteiger partial charge on any atom is 0.341 e. The zero-order valence-corrected chi connectivity index (χ0v) is 8.05. The molecule has 3 nitrogen and oxygen atoms in total. The second-order valence-corrected chi connectivity index (χ2v) is 3.23. The molecule has 0 radical (unpaired) electrons. The van der Waals surface area contributed by atoms with Crippen molar-refractivity contribution in [3.63, 3.8) is 0 Å². The third-order valence-electron chi connectivity index (χ3n) is 2.30. The molecule has 1 rings (SSSR count). The molecular formula is C10H14O3. The van der Waals surface area contributed by atoms with Crippen molar-refractivity contribution >= 4 is 11.8 Å². The van der Waals surface area contributed by atoms with Crippen LogP contribution in [0.4, 0.5) is 0 Å². The van der Waals surface area contributed by atoms with Gasteiger partial charge in [-0.15, -0.1) is 0 Å². The monoisotopic (exact) mass is 182 g/mol. The second-order valence-electron chi connectivity index (χ2n) is 3.23. The smallest absolute Gasteiger partial charge is 0.341 e. The van der Waals surface area contributed by atoms with Gasteiger partial charge in [-0.2, -0.15) is 0 Å². The molecule has 0 aromatic carbocycles. The number of allylic oxidation sites excluding steroid dienone is 1. The molecule has 0 spiro atoms. The molecule has 0 unspecified atom stereocenters. The van der Waals surface area contributed by atoms with Gasteiger partial charge in [0.2, 0.25) is 0 Å². The highest BCUT2D eigenvalue weighted by atomic mass is 16.5. The maximum atomic E-state index is 11.2. The fourth-order valence-electron chi connectivity index (χ4n) is 1.69. The number of ketones is 1. The van der Waals surface area contributed by atoms with Gasteiger partial charge < -0.3 is 4.74 Å². The van der Waals surface area contributed by atoms with E-state index in [2.05, 4.69) is 4.74 Å². The third-order valence-corrected chi connectivity index (χ3v) is 2.30. The van der Waals surface area contributed by atoms with Crippen LogP contribution in [0.3, 0.4) is 0 Å². The van der Waals surface area contributed by atoms with E-state index in [-0.39, 0.29) is 11.4 Å². The van der Waals surface area contributed by atoms with Crippen molar-refractivity contribution in [1.82, 2.24) is 0 Å². The van der Waals surface area contributed by atoms with Gasteiger partial charge in [0.25, 0.3) is 0 Å². The van der Waals surface area contributed by atoms with Gasteiger partial charge >= 0.3 is 5.97 Å². The summed E-state index contributed by atoms with van der Waals surface area (Å²) >= 11 is 0. The molecule has 72 valence electrons. The fourth-order valence-corrected chi connectivity index (χ4v) is 1.69. The Kier molecular flexibility index (Phi) is 3.23. The molecule has 1 aliphatic carbocycles. The fraction of sp³-hybridized carbons (Fsp3) is 0.600. The lowest BCUT2D eigenvalue weighted by Gasteiger charge is -2.04. The minimum atomic E-state index is -0.482. The van der Waals surface area contributed by atoms with Gasteiger partial charge in [0, 0.05) is 0 Å². The highest BCUT2D eigenvalue weighted by Crippen LogP contribution is 2.27. The molecule has 0 saturated heterocycles. The van der Waals surface area contributed by atoms with Crippen LogP contribution in [0.15, 0.2) is 11.1 Å². The number of carbonyl (C=O) groups excluding carboxylic acids is 2. The largest absolute Gasteiger partial charge is 0.465 e. The van der Waals surface area contributed by atoms with E-state index < -0.39 is 5.97 Å². The first-order valence-corrected chi connectivity index (χ1v) is 4.48. The Morgan fingerprint density at radius 1 is 1.23 bits per heavy atom. The Balaban J connectivity index is 2.96. The minimum absolute atomic E-state index is 0.177. The second kappa shape index (κ2) is 4.21. The Labute approximate surface area is 77.8 Å². The van der Waals surface area contributed by atoms with Crippen LogP contribution in [0.25, 0.3) is 0 Å². The molecule has 0 amide bonds. The maximum absolute atomic E-state index is 11.2. The Bertz CT molecular complexity index is 255. The van der Waals surface area contributed by atoms with Crippen LogP contribution in [-0.2, 0) is 14.3 Å². The van der Waals surface area contributed by atoms with E-state index >= 15 is 0 Å². The van der Waals surface area contributed by atoms with E-state index in [1.54, 1.807) is 0 Å². The van der Waals surface area contributed by atoms with Crippen molar-refractivity contribution < 1.29 is 14.3 Å². The lowest BCUT2D eigenvalue weighted by Crippen LogP contribution is -2.13. The average molecular weight is 182 g/mol. The van der Waals surface area contributed by atoms with Crippen LogP contribution >= 0.6 is 0 Å². The van der Waals surface area contributed by atoms with Crippen LogP contribution in [-0.4, -0.2) is 18.9 Å². The molecule has 1 saturated carbocycles. The summed E-state index contributed by atoms with van der Waals surface area (Å²) in [6.07, 6.45) is 3.88. The summed E-state index contributed by atoms with van der Waals surface area (Å²) in [5.74, 6) is -0.659. The summed E-state index contributed by atoms with van der Waals surface area (Å²) in [7, 11) is 1.31. The number of ether oxygens (including phenoxy) is 1. The molecule has 13 heavy (non-hydrogen) atoms. The number of rotatable bonds is 2. The van der Waals surface area contributed by atoms with Crippen molar-refractivity contribution in [3.8, 4) is 0 Å². The summed E-state index contributed by atoms with van der Waals surface area (Å²) in [5.41, 5.74) is 1.25. The first-order valence-electron chi connectivity index (χ1n) is 4.48. The Morgan fingerprint density at radius 2 is 1.77 bits per heavy atom. The predicted octanol–water partition coefficient (Wildman–Crippen LogP) is 1.62.